The van der Waals surface area contributed by atoms with Gasteiger partial charge in [0.2, 0.25) is 0 Å². The molecule has 1 aromatic heterocycles. The number of ether oxygens (including phenoxy) is 1. The second-order valence-electron chi connectivity index (χ2n) is 5.56. The molecule has 9 heteroatoms. The number of nitrogens with one attached hydrogen (secondary N) is 1. The molecule has 0 saturated heterocycles. The van der Waals surface area contributed by atoms with Crippen LogP contribution in [0.3, 0.4) is 0 Å². The fourth-order valence-electron chi connectivity index (χ4n) is 2.04. The molecule has 0 spiro atoms. The van der Waals surface area contributed by atoms with Crippen LogP contribution < -0.4 is 5.32 Å². The number of esters is 1. The lowest BCUT2D eigenvalue weighted by atomic mass is 10.1. The topological polar surface area (TPSA) is 113 Å². The Balaban J connectivity index is 2.14. The summed E-state index contributed by atoms with van der Waals surface area (Å²) in [6.45, 7) is 3.03. The predicted octanol–water partition coefficient (Wildman–Crippen LogP) is 2.52. The summed E-state index contributed by atoms with van der Waals surface area (Å²) in [6, 6.07) is 7.64. The molecule has 0 aliphatic heterocycles. The zero-order valence-corrected chi connectivity index (χ0v) is 15.9. The molecular formula is C17H16N2O5S2. The molecule has 2 rings (SSSR count). The van der Waals surface area contributed by atoms with E-state index < -0.39 is 27.8 Å². The lowest BCUT2D eigenvalue weighted by Gasteiger charge is -2.14. The van der Waals surface area contributed by atoms with Crippen LogP contribution in [0.1, 0.15) is 28.4 Å². The van der Waals surface area contributed by atoms with E-state index in [1.807, 2.05) is 6.07 Å². The van der Waals surface area contributed by atoms with Gasteiger partial charge in [-0.3, -0.25) is 4.79 Å². The second-order valence-corrected chi connectivity index (χ2v) is 8.49. The maximum Gasteiger partial charge on any atom is 0.339 e. The van der Waals surface area contributed by atoms with Gasteiger partial charge in [-0.05, 0) is 43.0 Å². The molecule has 7 nitrogen and oxygen atoms in total. The van der Waals surface area contributed by atoms with Crippen molar-refractivity contribution in [1.29, 1.82) is 5.26 Å². The third kappa shape index (κ3) is 4.47. The number of anilines is 1. The molecule has 0 fully saturated rings. The van der Waals surface area contributed by atoms with Gasteiger partial charge in [0.15, 0.2) is 15.9 Å². The van der Waals surface area contributed by atoms with Crippen LogP contribution in [0.5, 0.6) is 0 Å². The van der Waals surface area contributed by atoms with Crippen LogP contribution in [0.15, 0.2) is 34.5 Å². The number of thiophene rings is 1. The average molecular weight is 392 g/mol. The van der Waals surface area contributed by atoms with Crippen molar-refractivity contribution in [2.45, 2.75) is 24.8 Å². The Hall–Kier alpha value is -2.70. The Morgan fingerprint density at radius 2 is 2.00 bits per heavy atom. The minimum absolute atomic E-state index is 0.00981. The summed E-state index contributed by atoms with van der Waals surface area (Å²) in [5.74, 6) is -1.39. The molecule has 0 saturated carbocycles. The van der Waals surface area contributed by atoms with Crippen LogP contribution in [-0.4, -0.2) is 32.7 Å². The number of nitriles is 1. The standard InChI is InChI=1S/C17H16N2O5S2/c1-10-4-5-13(26(3,22)23)8-14(10)17(21)24-11(2)15(20)19-16-12(9-18)6-7-25-16/h4-8,11H,1-3H3,(H,19,20)/t11-/m0/s1. The number of carbonyl (C=O) groups is 2. The van der Waals surface area contributed by atoms with Crippen LogP contribution in [-0.2, 0) is 19.4 Å². The average Bonchev–Trinajstić information content (AvgIpc) is 3.01. The van der Waals surface area contributed by atoms with Crippen LogP contribution >= 0.6 is 11.3 Å². The number of nitrogens with zero attached hydrogens (tertiary/aromatic N) is 1. The maximum atomic E-state index is 12.3. The Morgan fingerprint density at radius 1 is 1.31 bits per heavy atom. The summed E-state index contributed by atoms with van der Waals surface area (Å²) in [5.41, 5.74) is 0.917. The Morgan fingerprint density at radius 3 is 2.62 bits per heavy atom. The van der Waals surface area contributed by atoms with Gasteiger partial charge in [0.1, 0.15) is 11.1 Å². The van der Waals surface area contributed by atoms with E-state index in [1.54, 1.807) is 18.4 Å². The summed E-state index contributed by atoms with van der Waals surface area (Å²) in [7, 11) is -3.48. The van der Waals surface area contributed by atoms with Gasteiger partial charge in [-0.15, -0.1) is 11.3 Å². The molecule has 26 heavy (non-hydrogen) atoms. The van der Waals surface area contributed by atoms with Crippen LogP contribution in [0.25, 0.3) is 0 Å². The van der Waals surface area contributed by atoms with E-state index in [-0.39, 0.29) is 10.5 Å². The summed E-state index contributed by atoms with van der Waals surface area (Å²) in [6.07, 6.45) is -0.0890. The predicted molar refractivity (Wildman–Crippen MR) is 96.8 cm³/mol. The highest BCUT2D eigenvalue weighted by Crippen LogP contribution is 2.23. The molecule has 1 amide bonds. The van der Waals surface area contributed by atoms with E-state index in [0.29, 0.717) is 16.1 Å². The van der Waals surface area contributed by atoms with Gasteiger partial charge in [-0.1, -0.05) is 6.07 Å². The largest absolute Gasteiger partial charge is 0.449 e. The van der Waals surface area contributed by atoms with Crippen molar-refractivity contribution < 1.29 is 22.7 Å². The summed E-state index contributed by atoms with van der Waals surface area (Å²) < 4.78 is 28.4. The lowest BCUT2D eigenvalue weighted by Crippen LogP contribution is -2.30. The maximum absolute atomic E-state index is 12.3. The monoisotopic (exact) mass is 392 g/mol. The number of sulfone groups is 1. The molecule has 2 aromatic rings. The smallest absolute Gasteiger partial charge is 0.339 e. The van der Waals surface area contributed by atoms with Crippen LogP contribution in [0.2, 0.25) is 0 Å². The Labute approximate surface area is 155 Å². The molecule has 136 valence electrons. The highest BCUT2D eigenvalue weighted by molar-refractivity contribution is 7.90. The van der Waals surface area contributed by atoms with Crippen LogP contribution in [0, 0.1) is 18.3 Å². The number of hydrogen-bond acceptors (Lipinski definition) is 7. The molecule has 0 aliphatic rings. The van der Waals surface area contributed by atoms with E-state index in [9.17, 15) is 18.0 Å². The van der Waals surface area contributed by atoms with E-state index >= 15 is 0 Å². The molecule has 0 aliphatic carbocycles. The van der Waals surface area contributed by atoms with Crippen molar-refractivity contribution in [3.05, 3.63) is 46.3 Å². The normalized spacial score (nSPS) is 12.1. The number of benzene rings is 1. The van der Waals surface area contributed by atoms with E-state index in [1.165, 1.54) is 36.5 Å². The van der Waals surface area contributed by atoms with Gasteiger partial charge in [0.25, 0.3) is 5.91 Å². The highest BCUT2D eigenvalue weighted by Gasteiger charge is 2.22. The van der Waals surface area contributed by atoms with Crippen molar-refractivity contribution in [1.82, 2.24) is 0 Å². The van der Waals surface area contributed by atoms with Gasteiger partial charge >= 0.3 is 5.97 Å². The summed E-state index contributed by atoms with van der Waals surface area (Å²) in [5, 5.41) is 13.5. The molecule has 1 heterocycles. The van der Waals surface area contributed by atoms with Crippen LogP contribution in [0.4, 0.5) is 5.00 Å². The first kappa shape index (κ1) is 19.6. The number of aryl methyl sites for hydroxylation is 1. The fraction of sp³-hybridized carbons (Fsp3) is 0.235. The quantitative estimate of drug-likeness (QED) is 0.782. The first-order valence-corrected chi connectivity index (χ1v) is 10.2. The highest BCUT2D eigenvalue weighted by atomic mass is 32.2. The minimum atomic E-state index is -3.48. The van der Waals surface area contributed by atoms with Gasteiger partial charge < -0.3 is 10.1 Å². The molecule has 1 aromatic carbocycles. The third-order valence-corrected chi connectivity index (χ3v) is 5.47. The van der Waals surface area contributed by atoms with E-state index in [2.05, 4.69) is 5.32 Å². The number of amides is 1. The zero-order chi connectivity index (χ0) is 19.5. The van der Waals surface area contributed by atoms with Crippen molar-refractivity contribution in [2.24, 2.45) is 0 Å². The molecule has 0 radical (unpaired) electrons. The minimum Gasteiger partial charge on any atom is -0.449 e. The number of hydrogen-bond donors (Lipinski definition) is 1. The van der Waals surface area contributed by atoms with Crippen molar-refractivity contribution in [3.8, 4) is 6.07 Å². The summed E-state index contributed by atoms with van der Waals surface area (Å²) >= 11 is 1.18. The SMILES string of the molecule is Cc1ccc(S(C)(=O)=O)cc1C(=O)O[C@@H](C)C(=O)Nc1sccc1C#N. The first-order chi connectivity index (χ1) is 12.1. The zero-order valence-electron chi connectivity index (χ0n) is 14.3. The van der Waals surface area contributed by atoms with Gasteiger partial charge in [-0.2, -0.15) is 5.26 Å². The van der Waals surface area contributed by atoms with E-state index in [0.717, 1.165) is 6.26 Å². The van der Waals surface area contributed by atoms with Crippen molar-refractivity contribution >= 4 is 38.1 Å². The second kappa shape index (κ2) is 7.68. The number of rotatable bonds is 5. The van der Waals surface area contributed by atoms with Crippen molar-refractivity contribution in [3.63, 3.8) is 0 Å². The number of carbonyl (C=O) groups excluding carboxylic acids is 2. The summed E-state index contributed by atoms with van der Waals surface area (Å²) in [4.78, 5) is 24.5. The molecular weight excluding hydrogens is 376 g/mol. The molecule has 0 bridgehead atoms. The van der Waals surface area contributed by atoms with Crippen molar-refractivity contribution in [2.75, 3.05) is 11.6 Å². The Bertz CT molecular complexity index is 1000. The van der Waals surface area contributed by atoms with Gasteiger partial charge in [-0.25, -0.2) is 13.2 Å². The lowest BCUT2D eigenvalue weighted by molar-refractivity contribution is -0.123. The van der Waals surface area contributed by atoms with E-state index in [4.69, 9.17) is 10.00 Å². The van der Waals surface area contributed by atoms with Gasteiger partial charge in [0.05, 0.1) is 16.0 Å². The molecule has 0 unspecified atom stereocenters. The van der Waals surface area contributed by atoms with Gasteiger partial charge in [0, 0.05) is 6.26 Å². The first-order valence-electron chi connectivity index (χ1n) is 7.43. The fourth-order valence-corrected chi connectivity index (χ4v) is 3.42. The molecule has 1 atom stereocenters. The third-order valence-electron chi connectivity index (χ3n) is 3.53. The molecule has 1 N–H and O–H groups in total. The Kier molecular flexibility index (Phi) is 5.79.